The minimum atomic E-state index is -1.25. The number of unbranched alkanes of at least 4 members (excludes halogenated alkanes) is 1. The number of likely N-dealkylation sites (N-methyl/N-ethyl adjacent to an activating group) is 2. The van der Waals surface area contributed by atoms with Crippen LogP contribution in [-0.4, -0.2) is 152 Å². The summed E-state index contributed by atoms with van der Waals surface area (Å²) >= 11 is 0. The minimum Gasteiger partial charge on any atom is -0.447 e. The van der Waals surface area contributed by atoms with Crippen molar-refractivity contribution < 1.29 is 80.7 Å². The molecule has 2 heterocycles. The summed E-state index contributed by atoms with van der Waals surface area (Å²) < 4.78 is 0. The van der Waals surface area contributed by atoms with Crippen LogP contribution >= 0.6 is 0 Å². The monoisotopic (exact) mass is 1110 g/mol. The third-order valence-corrected chi connectivity index (χ3v) is 12.8. The van der Waals surface area contributed by atoms with E-state index in [1.54, 1.807) is 62.5 Å². The van der Waals surface area contributed by atoms with Gasteiger partial charge in [-0.15, -0.1) is 0 Å². The summed E-state index contributed by atoms with van der Waals surface area (Å²) in [7, 11) is 5.04. The SMILES string of the molecule is CNC(=O)[C@@H](C)NC(=O)[C@@H]1CCCN1C(=O)[C@H](CCCCN(C)C(C)C)NC(=O)[C@H](CC(C)C)NC(=O)[C@@H](Cc1ccc(NC([NH-])=O)cc1)NC(=O)[C@H](Cc1ccc(NC(=O)[C@@H]2CC(=O)NC(=O)N2)cc1)NC.[Y]. The van der Waals surface area contributed by atoms with Gasteiger partial charge in [0.15, 0.2) is 6.03 Å². The Kier molecular flexibility index (Phi) is 25.5. The van der Waals surface area contributed by atoms with Gasteiger partial charge < -0.3 is 63.4 Å². The number of urea groups is 2. The fraction of sp³-hybridized carbons (Fsp3) is 0.560. The van der Waals surface area contributed by atoms with E-state index in [-0.39, 0.29) is 77.3 Å². The second kappa shape index (κ2) is 30.4. The van der Waals surface area contributed by atoms with Crippen molar-refractivity contribution in [3.05, 3.63) is 65.4 Å². The van der Waals surface area contributed by atoms with Crippen LogP contribution in [0.25, 0.3) is 5.73 Å². The molecule has 1 radical (unpaired) electrons. The van der Waals surface area contributed by atoms with E-state index in [1.807, 2.05) is 20.9 Å². The van der Waals surface area contributed by atoms with Crippen LogP contribution in [0.5, 0.6) is 0 Å². The van der Waals surface area contributed by atoms with Gasteiger partial charge in [0, 0.05) is 64.5 Å². The molecule has 4 rings (SSSR count). The van der Waals surface area contributed by atoms with E-state index in [9.17, 15) is 47.9 Å². The molecule has 74 heavy (non-hydrogen) atoms. The molecular formula is C50H74N13O10Y-. The maximum Gasteiger partial charge on any atom is 0.322 e. The van der Waals surface area contributed by atoms with Crippen LogP contribution in [0.1, 0.15) is 90.7 Å². The third-order valence-electron chi connectivity index (χ3n) is 12.8. The summed E-state index contributed by atoms with van der Waals surface area (Å²) in [5, 5.41) is 26.3. The van der Waals surface area contributed by atoms with Crippen molar-refractivity contribution in [2.45, 2.75) is 141 Å². The molecule has 2 aromatic carbocycles. The molecule has 0 spiro atoms. The van der Waals surface area contributed by atoms with Crippen LogP contribution in [-0.2, 0) is 83.9 Å². The molecule has 2 aliphatic heterocycles. The van der Waals surface area contributed by atoms with E-state index in [4.69, 9.17) is 5.73 Å². The van der Waals surface area contributed by atoms with Crippen LogP contribution in [0.4, 0.5) is 21.0 Å². The average Bonchev–Trinajstić information content (AvgIpc) is 3.84. The summed E-state index contributed by atoms with van der Waals surface area (Å²) in [6, 6.07) is 4.31. The second-order valence-electron chi connectivity index (χ2n) is 19.3. The summed E-state index contributed by atoms with van der Waals surface area (Å²) in [6.45, 7) is 10.4. The topological polar surface area (TPSA) is 321 Å². The summed E-state index contributed by atoms with van der Waals surface area (Å²) in [6.07, 6.45) is 2.44. The molecule has 0 aromatic heterocycles. The predicted octanol–water partition coefficient (Wildman–Crippen LogP) is 1.43. The quantitative estimate of drug-likeness (QED) is 0.0599. The zero-order valence-electron chi connectivity index (χ0n) is 43.6. The number of carbonyl (C=O) groups is 10. The van der Waals surface area contributed by atoms with Crippen molar-refractivity contribution in [2.75, 3.05) is 44.9 Å². The van der Waals surface area contributed by atoms with E-state index in [0.29, 0.717) is 54.2 Å². The van der Waals surface area contributed by atoms with Gasteiger partial charge in [-0.25, -0.2) is 4.79 Å². The zero-order valence-corrected chi connectivity index (χ0v) is 46.5. The van der Waals surface area contributed by atoms with Crippen LogP contribution in [0.2, 0.25) is 0 Å². The molecule has 2 aliphatic rings. The number of imide groups is 1. The van der Waals surface area contributed by atoms with Gasteiger partial charge in [-0.3, -0.25) is 48.5 Å². The Bertz CT molecular complexity index is 2270. The van der Waals surface area contributed by atoms with Gasteiger partial charge in [0.2, 0.25) is 47.3 Å². The largest absolute Gasteiger partial charge is 0.447 e. The van der Waals surface area contributed by atoms with E-state index in [0.717, 1.165) is 6.54 Å². The number of anilines is 2. The number of hydrogen-bond acceptors (Lipinski definition) is 12. The van der Waals surface area contributed by atoms with Crippen molar-refractivity contribution in [1.82, 2.24) is 52.3 Å². The molecular weight excluding hydrogens is 1030 g/mol. The maximum atomic E-state index is 14.5. The maximum absolute atomic E-state index is 14.5. The van der Waals surface area contributed by atoms with Crippen molar-refractivity contribution in [2.24, 2.45) is 5.92 Å². The fourth-order valence-corrected chi connectivity index (χ4v) is 8.42. The molecule has 11 N–H and O–H groups in total. The van der Waals surface area contributed by atoms with Gasteiger partial charge in [0.05, 0.1) is 12.5 Å². The number of amides is 12. The first-order valence-corrected chi connectivity index (χ1v) is 24.8. The van der Waals surface area contributed by atoms with Gasteiger partial charge in [-0.1, -0.05) is 50.2 Å². The summed E-state index contributed by atoms with van der Waals surface area (Å²) in [5.41, 5.74) is 9.22. The molecule has 0 bridgehead atoms. The second-order valence-corrected chi connectivity index (χ2v) is 19.3. The zero-order chi connectivity index (χ0) is 53.9. The molecule has 403 valence electrons. The van der Waals surface area contributed by atoms with Crippen molar-refractivity contribution >= 4 is 70.7 Å². The standard InChI is InChI=1S/C50H75N13O10.Y/c1-28(2)24-37(45(68)57-35(12-9-10-22-62(8)29(3)4)48(71)63-23-11-13-40(63)47(70)54-30(5)42(65)53-7)58-46(69)38(26-32-16-20-34(21-17-32)56-49(51)72)59-43(66)36(52-6)25-31-14-18-33(19-15-31)55-44(67)39-27-41(64)61-50(73)60-39;/h14-21,28-30,35-40,52H,9-13,22-27H2,1-8H3,(H11,51,53,54,55,56,57,58,59,60,61,64,65,66,67,68,69,70,72,73);/p-1/t30-,35+,36+,37+,38-,39+,40+;/m1./s1. The number of likely N-dealkylation sites (tertiary alicyclic amines) is 1. The van der Waals surface area contributed by atoms with Crippen LogP contribution in [0.15, 0.2) is 48.5 Å². The molecule has 12 amide bonds. The predicted molar refractivity (Wildman–Crippen MR) is 273 cm³/mol. The smallest absolute Gasteiger partial charge is 0.322 e. The third kappa shape index (κ3) is 19.7. The first-order valence-electron chi connectivity index (χ1n) is 24.8. The number of benzene rings is 2. The molecule has 0 aliphatic carbocycles. The molecule has 24 heteroatoms. The Hall–Kier alpha value is -6.04. The Labute approximate surface area is 458 Å². The van der Waals surface area contributed by atoms with Gasteiger partial charge in [-0.2, -0.15) is 0 Å². The first-order chi connectivity index (χ1) is 34.6. The van der Waals surface area contributed by atoms with Gasteiger partial charge >= 0.3 is 6.03 Å². The Morgan fingerprint density at radius 1 is 0.716 bits per heavy atom. The van der Waals surface area contributed by atoms with E-state index in [1.165, 1.54) is 11.9 Å². The summed E-state index contributed by atoms with van der Waals surface area (Å²) in [5.74, 6) is -4.50. The van der Waals surface area contributed by atoms with E-state index < -0.39 is 102 Å². The number of rotatable bonds is 26. The van der Waals surface area contributed by atoms with Crippen LogP contribution in [0.3, 0.4) is 0 Å². The molecule has 2 fully saturated rings. The van der Waals surface area contributed by atoms with Gasteiger partial charge in [0.1, 0.15) is 36.3 Å². The van der Waals surface area contributed by atoms with Crippen LogP contribution < -0.4 is 53.2 Å². The minimum absolute atomic E-state index is 0. The Morgan fingerprint density at radius 3 is 1.82 bits per heavy atom. The normalized spacial score (nSPS) is 17.3. The van der Waals surface area contributed by atoms with E-state index >= 15 is 0 Å². The van der Waals surface area contributed by atoms with Crippen molar-refractivity contribution in [1.29, 1.82) is 0 Å². The van der Waals surface area contributed by atoms with Gasteiger partial charge in [-0.05, 0) is 121 Å². The van der Waals surface area contributed by atoms with E-state index in [2.05, 4.69) is 71.9 Å². The molecule has 7 atom stereocenters. The fourth-order valence-electron chi connectivity index (χ4n) is 8.42. The van der Waals surface area contributed by atoms with Crippen molar-refractivity contribution in [3.63, 3.8) is 0 Å². The number of nitrogens with one attached hydrogen (secondary N) is 11. The van der Waals surface area contributed by atoms with Crippen molar-refractivity contribution in [3.8, 4) is 0 Å². The van der Waals surface area contributed by atoms with Crippen LogP contribution in [0, 0.1) is 5.92 Å². The average molecular weight is 1110 g/mol. The molecule has 0 saturated carbocycles. The Balaban J connectivity index is 0.0000144. The summed E-state index contributed by atoms with van der Waals surface area (Å²) in [4.78, 5) is 135. The molecule has 0 unspecified atom stereocenters. The number of nitrogens with zero attached hydrogens (tertiary/aromatic N) is 2. The molecule has 2 saturated heterocycles. The molecule has 23 nitrogen and oxygen atoms in total. The number of carbonyl (C=O) groups excluding carboxylic acids is 10. The molecule has 2 aromatic rings. The first kappa shape index (κ1) is 62.3. The number of hydrogen-bond donors (Lipinski definition) is 10. The Morgan fingerprint density at radius 2 is 1.27 bits per heavy atom. The van der Waals surface area contributed by atoms with Gasteiger partial charge in [0.25, 0.3) is 0 Å².